The number of hydrogen-bond acceptors (Lipinski definition) is 2. The van der Waals surface area contributed by atoms with Crippen molar-refractivity contribution < 1.29 is 4.79 Å². The van der Waals surface area contributed by atoms with Gasteiger partial charge in [-0.2, -0.15) is 0 Å². The van der Waals surface area contributed by atoms with Gasteiger partial charge >= 0.3 is 0 Å². The number of benzene rings is 2. The zero-order valence-corrected chi connectivity index (χ0v) is 14.5. The molecule has 0 heterocycles. The Morgan fingerprint density at radius 2 is 1.57 bits per heavy atom. The van der Waals surface area contributed by atoms with Crippen LogP contribution in [0.4, 0.5) is 0 Å². The number of carbonyl (C=O) groups is 1. The summed E-state index contributed by atoms with van der Waals surface area (Å²) in [5, 5.41) is 2.98. The molecule has 0 bridgehead atoms. The van der Waals surface area contributed by atoms with Gasteiger partial charge in [-0.15, -0.1) is 12.4 Å². The van der Waals surface area contributed by atoms with Crippen molar-refractivity contribution in [1.29, 1.82) is 0 Å². The fourth-order valence-electron chi connectivity index (χ4n) is 2.46. The normalized spacial score (nSPS) is 12.1. The Kier molecular flexibility index (Phi) is 7.27. The summed E-state index contributed by atoms with van der Waals surface area (Å²) in [6.45, 7) is 4.89. The van der Waals surface area contributed by atoms with Crippen LogP contribution in [0.1, 0.15) is 31.0 Å². The SMILES string of the molecule is CC(C)(CNC(=O)C(N)c1ccccc1)Cc1ccccc1.Cl. The summed E-state index contributed by atoms with van der Waals surface area (Å²) in [6, 6.07) is 19.1. The third kappa shape index (κ3) is 6.05. The second-order valence-corrected chi connectivity index (χ2v) is 6.43. The molecule has 2 aromatic carbocycles. The van der Waals surface area contributed by atoms with E-state index in [0.29, 0.717) is 6.54 Å². The van der Waals surface area contributed by atoms with Crippen LogP contribution >= 0.6 is 12.4 Å². The highest BCUT2D eigenvalue weighted by molar-refractivity contribution is 5.85. The first-order valence-corrected chi connectivity index (χ1v) is 7.60. The molecule has 0 spiro atoms. The fraction of sp³-hybridized carbons (Fsp3) is 0.316. The predicted octanol–water partition coefficient (Wildman–Crippen LogP) is 3.49. The van der Waals surface area contributed by atoms with Gasteiger partial charge in [-0.25, -0.2) is 0 Å². The van der Waals surface area contributed by atoms with Gasteiger partial charge < -0.3 is 11.1 Å². The Bertz CT molecular complexity index is 599. The molecule has 23 heavy (non-hydrogen) atoms. The highest BCUT2D eigenvalue weighted by Gasteiger charge is 2.22. The first-order chi connectivity index (χ1) is 10.5. The van der Waals surface area contributed by atoms with Gasteiger partial charge in [0.2, 0.25) is 5.91 Å². The molecule has 0 saturated heterocycles. The summed E-state index contributed by atoms with van der Waals surface area (Å²) in [6.07, 6.45) is 0.911. The van der Waals surface area contributed by atoms with Crippen molar-refractivity contribution in [3.63, 3.8) is 0 Å². The van der Waals surface area contributed by atoms with Crippen LogP contribution in [0.15, 0.2) is 60.7 Å². The maximum Gasteiger partial charge on any atom is 0.241 e. The molecule has 4 heteroatoms. The van der Waals surface area contributed by atoms with Gasteiger partial charge in [0, 0.05) is 6.54 Å². The summed E-state index contributed by atoms with van der Waals surface area (Å²) >= 11 is 0. The molecule has 0 saturated carbocycles. The van der Waals surface area contributed by atoms with E-state index >= 15 is 0 Å². The Balaban J connectivity index is 0.00000264. The van der Waals surface area contributed by atoms with Crippen molar-refractivity contribution in [2.75, 3.05) is 6.54 Å². The maximum absolute atomic E-state index is 12.2. The van der Waals surface area contributed by atoms with E-state index in [0.717, 1.165) is 12.0 Å². The molecule has 1 unspecified atom stereocenters. The Hall–Kier alpha value is -1.84. The molecule has 1 atom stereocenters. The molecular weight excluding hydrogens is 308 g/mol. The van der Waals surface area contributed by atoms with Gasteiger partial charge in [-0.05, 0) is 23.0 Å². The molecular formula is C19H25ClN2O. The first kappa shape index (κ1) is 19.2. The van der Waals surface area contributed by atoms with Crippen LogP contribution in [-0.2, 0) is 11.2 Å². The highest BCUT2D eigenvalue weighted by Crippen LogP contribution is 2.21. The Morgan fingerprint density at radius 3 is 2.13 bits per heavy atom. The van der Waals surface area contributed by atoms with E-state index < -0.39 is 6.04 Å². The van der Waals surface area contributed by atoms with Gasteiger partial charge in [-0.3, -0.25) is 4.79 Å². The van der Waals surface area contributed by atoms with Crippen LogP contribution in [0, 0.1) is 5.41 Å². The minimum atomic E-state index is -0.617. The number of nitrogens with two attached hydrogens (primary N) is 1. The van der Waals surface area contributed by atoms with E-state index in [2.05, 4.69) is 31.3 Å². The second kappa shape index (κ2) is 8.70. The Labute approximate surface area is 144 Å². The van der Waals surface area contributed by atoms with E-state index in [1.54, 1.807) is 0 Å². The molecule has 0 aliphatic carbocycles. The van der Waals surface area contributed by atoms with E-state index in [1.807, 2.05) is 48.5 Å². The van der Waals surface area contributed by atoms with E-state index in [1.165, 1.54) is 5.56 Å². The summed E-state index contributed by atoms with van der Waals surface area (Å²) in [7, 11) is 0. The van der Waals surface area contributed by atoms with Crippen LogP contribution in [0.25, 0.3) is 0 Å². The van der Waals surface area contributed by atoms with E-state index in [9.17, 15) is 4.79 Å². The van der Waals surface area contributed by atoms with Crippen LogP contribution in [0.3, 0.4) is 0 Å². The summed E-state index contributed by atoms with van der Waals surface area (Å²) in [5.41, 5.74) is 8.09. The number of halogens is 1. The molecule has 3 nitrogen and oxygen atoms in total. The van der Waals surface area contributed by atoms with E-state index in [-0.39, 0.29) is 23.7 Å². The van der Waals surface area contributed by atoms with Crippen molar-refractivity contribution in [2.24, 2.45) is 11.1 Å². The maximum atomic E-state index is 12.2. The summed E-state index contributed by atoms with van der Waals surface area (Å²) in [4.78, 5) is 12.2. The monoisotopic (exact) mass is 332 g/mol. The molecule has 2 rings (SSSR count). The molecule has 0 fully saturated rings. The van der Waals surface area contributed by atoms with Crippen molar-refractivity contribution in [3.05, 3.63) is 71.8 Å². The van der Waals surface area contributed by atoms with Crippen LogP contribution in [0.5, 0.6) is 0 Å². The van der Waals surface area contributed by atoms with Gasteiger partial charge in [0.25, 0.3) is 0 Å². The smallest absolute Gasteiger partial charge is 0.241 e. The third-order valence-corrected chi connectivity index (χ3v) is 3.71. The fourth-order valence-corrected chi connectivity index (χ4v) is 2.46. The lowest BCUT2D eigenvalue weighted by Crippen LogP contribution is -2.40. The minimum absolute atomic E-state index is 0. The van der Waals surface area contributed by atoms with Gasteiger partial charge in [0.15, 0.2) is 0 Å². The lowest BCUT2D eigenvalue weighted by molar-refractivity contribution is -0.122. The quantitative estimate of drug-likeness (QED) is 0.850. The van der Waals surface area contributed by atoms with Crippen molar-refractivity contribution in [1.82, 2.24) is 5.32 Å². The number of carbonyl (C=O) groups excluding carboxylic acids is 1. The molecule has 0 aliphatic rings. The number of hydrogen-bond donors (Lipinski definition) is 2. The minimum Gasteiger partial charge on any atom is -0.354 e. The standard InChI is InChI=1S/C19H24N2O.ClH/c1-19(2,13-15-9-5-3-6-10-15)14-21-18(22)17(20)16-11-7-4-8-12-16;/h3-12,17H,13-14,20H2,1-2H3,(H,21,22);1H. The molecule has 124 valence electrons. The number of amides is 1. The molecule has 0 aromatic heterocycles. The summed E-state index contributed by atoms with van der Waals surface area (Å²) in [5.74, 6) is -0.132. The molecule has 0 radical (unpaired) electrons. The molecule has 1 amide bonds. The zero-order chi connectivity index (χ0) is 16.0. The molecule has 2 aromatic rings. The lowest BCUT2D eigenvalue weighted by atomic mass is 9.85. The van der Waals surface area contributed by atoms with Gasteiger partial charge in [-0.1, -0.05) is 74.5 Å². The first-order valence-electron chi connectivity index (χ1n) is 7.60. The predicted molar refractivity (Wildman–Crippen MR) is 97.6 cm³/mol. The van der Waals surface area contributed by atoms with Gasteiger partial charge in [0.1, 0.15) is 6.04 Å². The zero-order valence-electron chi connectivity index (χ0n) is 13.7. The lowest BCUT2D eigenvalue weighted by Gasteiger charge is -2.26. The largest absolute Gasteiger partial charge is 0.354 e. The average Bonchev–Trinajstić information content (AvgIpc) is 2.53. The van der Waals surface area contributed by atoms with Crippen LogP contribution in [0.2, 0.25) is 0 Å². The average molecular weight is 333 g/mol. The molecule has 3 N–H and O–H groups in total. The van der Waals surface area contributed by atoms with E-state index in [4.69, 9.17) is 5.73 Å². The number of rotatable bonds is 6. The van der Waals surface area contributed by atoms with Crippen LogP contribution < -0.4 is 11.1 Å². The topological polar surface area (TPSA) is 55.1 Å². The summed E-state index contributed by atoms with van der Waals surface area (Å²) < 4.78 is 0. The van der Waals surface area contributed by atoms with Crippen molar-refractivity contribution >= 4 is 18.3 Å². The van der Waals surface area contributed by atoms with Crippen molar-refractivity contribution in [2.45, 2.75) is 26.3 Å². The molecule has 0 aliphatic heterocycles. The second-order valence-electron chi connectivity index (χ2n) is 6.43. The van der Waals surface area contributed by atoms with Gasteiger partial charge in [0.05, 0.1) is 0 Å². The Morgan fingerprint density at radius 1 is 1.04 bits per heavy atom. The third-order valence-electron chi connectivity index (χ3n) is 3.71. The van der Waals surface area contributed by atoms with Crippen molar-refractivity contribution in [3.8, 4) is 0 Å². The highest BCUT2D eigenvalue weighted by atomic mass is 35.5. The van der Waals surface area contributed by atoms with Crippen LogP contribution in [-0.4, -0.2) is 12.5 Å². The number of nitrogens with one attached hydrogen (secondary N) is 1.